The zero-order chi connectivity index (χ0) is 19.6. The van der Waals surface area contributed by atoms with E-state index in [1.54, 1.807) is 11.3 Å². The quantitative estimate of drug-likeness (QED) is 0.579. The Morgan fingerprint density at radius 1 is 1.04 bits per heavy atom. The van der Waals surface area contributed by atoms with E-state index in [0.29, 0.717) is 13.0 Å². The standard InChI is InChI=1S/C22H27N3OS.ClH/c1-15-7-6-8-18(12-15)14-20(26)25(10-9-24(4)5)22-23-19-13-16(2)11-17(3)21(19)27-22;/h6-8,11-13H,9-10,14H2,1-5H3;1H. The van der Waals surface area contributed by atoms with Gasteiger partial charge in [0.2, 0.25) is 5.91 Å². The van der Waals surface area contributed by atoms with Gasteiger partial charge in [-0.05, 0) is 57.6 Å². The zero-order valence-corrected chi connectivity index (χ0v) is 18.8. The first-order valence-electron chi connectivity index (χ1n) is 9.22. The van der Waals surface area contributed by atoms with Gasteiger partial charge in [0.15, 0.2) is 5.13 Å². The summed E-state index contributed by atoms with van der Waals surface area (Å²) in [5, 5.41) is 0.790. The molecule has 1 amide bonds. The number of aromatic nitrogens is 1. The fourth-order valence-corrected chi connectivity index (χ4v) is 4.26. The molecule has 0 aliphatic heterocycles. The van der Waals surface area contributed by atoms with Gasteiger partial charge in [-0.3, -0.25) is 9.69 Å². The van der Waals surface area contributed by atoms with Gasteiger partial charge in [0.25, 0.3) is 0 Å². The van der Waals surface area contributed by atoms with Gasteiger partial charge in [-0.1, -0.05) is 47.2 Å². The van der Waals surface area contributed by atoms with Crippen molar-refractivity contribution in [3.05, 3.63) is 58.7 Å². The molecule has 0 radical (unpaired) electrons. The molecule has 150 valence electrons. The highest BCUT2D eigenvalue weighted by atomic mass is 35.5. The van der Waals surface area contributed by atoms with Crippen LogP contribution in [-0.2, 0) is 11.2 Å². The van der Waals surface area contributed by atoms with Crippen LogP contribution < -0.4 is 4.90 Å². The molecule has 3 rings (SSSR count). The van der Waals surface area contributed by atoms with E-state index >= 15 is 0 Å². The second kappa shape index (κ2) is 9.50. The molecule has 0 aliphatic rings. The minimum atomic E-state index is 0. The van der Waals surface area contributed by atoms with Crippen molar-refractivity contribution in [3.63, 3.8) is 0 Å². The summed E-state index contributed by atoms with van der Waals surface area (Å²) in [4.78, 5) is 21.9. The Balaban J connectivity index is 0.00000280. The molecule has 0 saturated heterocycles. The summed E-state index contributed by atoms with van der Waals surface area (Å²) in [6.07, 6.45) is 0.392. The maximum absolute atomic E-state index is 13.1. The summed E-state index contributed by atoms with van der Waals surface area (Å²) < 4.78 is 1.16. The number of nitrogens with zero attached hydrogens (tertiary/aromatic N) is 3. The third kappa shape index (κ3) is 5.31. The zero-order valence-electron chi connectivity index (χ0n) is 17.2. The average Bonchev–Trinajstić information content (AvgIpc) is 2.98. The molecule has 3 aromatic rings. The molecule has 4 nitrogen and oxygen atoms in total. The third-order valence-electron chi connectivity index (χ3n) is 4.55. The van der Waals surface area contributed by atoms with E-state index in [1.165, 1.54) is 16.7 Å². The molecule has 0 aliphatic carbocycles. The van der Waals surface area contributed by atoms with Gasteiger partial charge in [-0.25, -0.2) is 4.98 Å². The van der Waals surface area contributed by atoms with E-state index in [-0.39, 0.29) is 18.3 Å². The van der Waals surface area contributed by atoms with Gasteiger partial charge in [0, 0.05) is 13.1 Å². The number of thiazole rings is 1. The summed E-state index contributed by atoms with van der Waals surface area (Å²) in [5.41, 5.74) is 5.61. The second-order valence-corrected chi connectivity index (χ2v) is 8.42. The van der Waals surface area contributed by atoms with Gasteiger partial charge in [0.05, 0.1) is 16.6 Å². The SMILES string of the molecule is Cc1cccc(CC(=O)N(CCN(C)C)c2nc3cc(C)cc(C)c3s2)c1.Cl. The van der Waals surface area contributed by atoms with Gasteiger partial charge < -0.3 is 4.90 Å². The van der Waals surface area contributed by atoms with Crippen LogP contribution in [0, 0.1) is 20.8 Å². The van der Waals surface area contributed by atoms with E-state index in [2.05, 4.69) is 49.9 Å². The number of carbonyl (C=O) groups is 1. The minimum absolute atomic E-state index is 0. The normalized spacial score (nSPS) is 10.9. The highest BCUT2D eigenvalue weighted by Gasteiger charge is 2.21. The molecule has 0 N–H and O–H groups in total. The fourth-order valence-electron chi connectivity index (χ4n) is 3.20. The maximum atomic E-state index is 13.1. The first-order chi connectivity index (χ1) is 12.8. The van der Waals surface area contributed by atoms with E-state index < -0.39 is 0 Å². The summed E-state index contributed by atoms with van der Waals surface area (Å²) in [6, 6.07) is 12.4. The number of halogens is 1. The molecule has 1 aromatic heterocycles. The van der Waals surface area contributed by atoms with Crippen molar-refractivity contribution >= 4 is 45.0 Å². The summed E-state index contributed by atoms with van der Waals surface area (Å²) in [7, 11) is 4.05. The van der Waals surface area contributed by atoms with Crippen LogP contribution in [0.15, 0.2) is 36.4 Å². The number of hydrogen-bond acceptors (Lipinski definition) is 4. The maximum Gasteiger partial charge on any atom is 0.233 e. The third-order valence-corrected chi connectivity index (χ3v) is 5.78. The fraction of sp³-hybridized carbons (Fsp3) is 0.364. The lowest BCUT2D eigenvalue weighted by Gasteiger charge is -2.22. The number of likely N-dealkylation sites (N-methyl/N-ethyl adjacent to an activating group) is 1. The van der Waals surface area contributed by atoms with E-state index in [1.807, 2.05) is 31.1 Å². The predicted octanol–water partition coefficient (Wildman–Crippen LogP) is 4.78. The van der Waals surface area contributed by atoms with Crippen molar-refractivity contribution < 1.29 is 4.79 Å². The lowest BCUT2D eigenvalue weighted by Crippen LogP contribution is -2.37. The Labute approximate surface area is 177 Å². The second-order valence-electron chi connectivity index (χ2n) is 7.44. The molecule has 0 atom stereocenters. The lowest BCUT2D eigenvalue weighted by molar-refractivity contribution is -0.118. The molecular weight excluding hydrogens is 390 g/mol. The summed E-state index contributed by atoms with van der Waals surface area (Å²) in [5.74, 6) is 0.0934. The van der Waals surface area contributed by atoms with Gasteiger partial charge in [0.1, 0.15) is 0 Å². The van der Waals surface area contributed by atoms with Crippen LogP contribution in [0.2, 0.25) is 0 Å². The van der Waals surface area contributed by atoms with Crippen molar-refractivity contribution in [1.29, 1.82) is 0 Å². The van der Waals surface area contributed by atoms with Gasteiger partial charge in [-0.15, -0.1) is 12.4 Å². The van der Waals surface area contributed by atoms with E-state index in [9.17, 15) is 4.79 Å². The molecule has 0 unspecified atom stereocenters. The number of fused-ring (bicyclic) bond motifs is 1. The first kappa shape index (κ1) is 22.3. The minimum Gasteiger partial charge on any atom is -0.308 e. The number of hydrogen-bond donors (Lipinski definition) is 0. The largest absolute Gasteiger partial charge is 0.308 e. The predicted molar refractivity (Wildman–Crippen MR) is 122 cm³/mol. The Morgan fingerprint density at radius 3 is 2.46 bits per heavy atom. The molecule has 28 heavy (non-hydrogen) atoms. The highest BCUT2D eigenvalue weighted by Crippen LogP contribution is 2.32. The van der Waals surface area contributed by atoms with Crippen molar-refractivity contribution in [2.24, 2.45) is 0 Å². The van der Waals surface area contributed by atoms with Crippen LogP contribution in [0.4, 0.5) is 5.13 Å². The van der Waals surface area contributed by atoms with Crippen LogP contribution in [0.1, 0.15) is 22.3 Å². The van der Waals surface area contributed by atoms with E-state index in [0.717, 1.165) is 27.5 Å². The summed E-state index contributed by atoms with van der Waals surface area (Å²) >= 11 is 1.61. The van der Waals surface area contributed by atoms with Crippen molar-refractivity contribution in [3.8, 4) is 0 Å². The van der Waals surface area contributed by atoms with Crippen molar-refractivity contribution in [2.75, 3.05) is 32.1 Å². The van der Waals surface area contributed by atoms with Crippen LogP contribution in [-0.4, -0.2) is 43.0 Å². The number of carbonyl (C=O) groups excluding carboxylic acids is 1. The van der Waals surface area contributed by atoms with Crippen molar-refractivity contribution in [2.45, 2.75) is 27.2 Å². The molecular formula is C22H28ClN3OS. The van der Waals surface area contributed by atoms with Crippen LogP contribution in [0.5, 0.6) is 0 Å². The number of amides is 1. The van der Waals surface area contributed by atoms with Gasteiger partial charge in [-0.2, -0.15) is 0 Å². The topological polar surface area (TPSA) is 36.4 Å². The Hall–Kier alpha value is -1.95. The Bertz CT molecular complexity index is 968. The van der Waals surface area contributed by atoms with Crippen molar-refractivity contribution in [1.82, 2.24) is 9.88 Å². The molecule has 0 spiro atoms. The molecule has 0 fully saturated rings. The molecule has 0 saturated carbocycles. The number of benzene rings is 2. The van der Waals surface area contributed by atoms with E-state index in [4.69, 9.17) is 4.98 Å². The molecule has 0 bridgehead atoms. The first-order valence-corrected chi connectivity index (χ1v) is 10.0. The van der Waals surface area contributed by atoms with Gasteiger partial charge >= 0.3 is 0 Å². The molecule has 2 aromatic carbocycles. The van der Waals surface area contributed by atoms with Crippen LogP contribution in [0.25, 0.3) is 10.2 Å². The lowest BCUT2D eigenvalue weighted by atomic mass is 10.1. The Kier molecular flexibility index (Phi) is 7.58. The number of anilines is 1. The number of rotatable bonds is 6. The molecule has 1 heterocycles. The smallest absolute Gasteiger partial charge is 0.233 e. The highest BCUT2D eigenvalue weighted by molar-refractivity contribution is 7.22. The number of aryl methyl sites for hydroxylation is 3. The Morgan fingerprint density at radius 2 is 1.79 bits per heavy atom. The van der Waals surface area contributed by atoms with Crippen LogP contribution in [0.3, 0.4) is 0 Å². The monoisotopic (exact) mass is 417 g/mol. The van der Waals surface area contributed by atoms with Crippen LogP contribution >= 0.6 is 23.7 Å². The summed E-state index contributed by atoms with van der Waals surface area (Å²) in [6.45, 7) is 7.67. The average molecular weight is 418 g/mol. The molecule has 6 heteroatoms.